The highest BCUT2D eigenvalue weighted by Crippen LogP contribution is 2.16. The van der Waals surface area contributed by atoms with E-state index in [9.17, 15) is 9.59 Å². The van der Waals surface area contributed by atoms with E-state index >= 15 is 0 Å². The van der Waals surface area contributed by atoms with Gasteiger partial charge in [0.1, 0.15) is 0 Å². The number of benzene rings is 2. The van der Waals surface area contributed by atoms with E-state index in [4.69, 9.17) is 11.6 Å². The van der Waals surface area contributed by atoms with E-state index in [-0.39, 0.29) is 5.69 Å². The van der Waals surface area contributed by atoms with Crippen LogP contribution in [0.25, 0.3) is 10.9 Å². The van der Waals surface area contributed by atoms with Crippen molar-refractivity contribution in [3.8, 4) is 0 Å². The molecule has 0 aliphatic carbocycles. The van der Waals surface area contributed by atoms with Crippen LogP contribution in [0.3, 0.4) is 0 Å². The molecule has 2 aromatic carbocycles. The van der Waals surface area contributed by atoms with Crippen molar-refractivity contribution in [2.45, 2.75) is 20.0 Å². The molecule has 0 bridgehead atoms. The Morgan fingerprint density at radius 2 is 1.96 bits per heavy atom. The van der Waals surface area contributed by atoms with E-state index in [0.717, 1.165) is 5.56 Å². The molecule has 0 radical (unpaired) electrons. The molecule has 0 spiro atoms. The first-order chi connectivity index (χ1) is 11.6. The minimum atomic E-state index is -0.493. The zero-order chi connectivity index (χ0) is 17.1. The van der Waals surface area contributed by atoms with Crippen molar-refractivity contribution in [2.75, 3.05) is 0 Å². The average molecular weight is 342 g/mol. The molecular weight excluding hydrogens is 326 g/mol. The van der Waals surface area contributed by atoms with Crippen molar-refractivity contribution in [1.29, 1.82) is 0 Å². The molecule has 0 unspecified atom stereocenters. The standard InChI is InChI=1S/C18H16ClN3O2/c1-2-22-15-9-8-13(19)10-14(15)17(23)16(21-22)18(24)20-11-12-6-4-3-5-7-12/h3-10H,2,11H2,1H3,(H,20,24). The van der Waals surface area contributed by atoms with Gasteiger partial charge in [-0.2, -0.15) is 5.10 Å². The molecule has 0 saturated heterocycles. The summed E-state index contributed by atoms with van der Waals surface area (Å²) in [5.41, 5.74) is 1.07. The lowest BCUT2D eigenvalue weighted by atomic mass is 10.2. The Hall–Kier alpha value is -2.66. The van der Waals surface area contributed by atoms with E-state index in [0.29, 0.717) is 29.0 Å². The van der Waals surface area contributed by atoms with Crippen molar-refractivity contribution < 1.29 is 4.79 Å². The molecule has 5 nitrogen and oxygen atoms in total. The van der Waals surface area contributed by atoms with Crippen LogP contribution in [-0.2, 0) is 13.1 Å². The molecule has 0 aliphatic rings. The lowest BCUT2D eigenvalue weighted by molar-refractivity contribution is 0.0943. The monoisotopic (exact) mass is 341 g/mol. The minimum absolute atomic E-state index is 0.123. The quantitative estimate of drug-likeness (QED) is 0.793. The molecule has 0 saturated carbocycles. The highest BCUT2D eigenvalue weighted by atomic mass is 35.5. The Kier molecular flexibility index (Phi) is 4.62. The van der Waals surface area contributed by atoms with Gasteiger partial charge in [0.05, 0.1) is 10.9 Å². The number of hydrogen-bond acceptors (Lipinski definition) is 3. The van der Waals surface area contributed by atoms with Gasteiger partial charge in [0, 0.05) is 18.1 Å². The molecule has 1 N–H and O–H groups in total. The maximum Gasteiger partial charge on any atom is 0.276 e. The molecule has 3 rings (SSSR count). The summed E-state index contributed by atoms with van der Waals surface area (Å²) in [5.74, 6) is -0.493. The van der Waals surface area contributed by atoms with E-state index in [1.807, 2.05) is 37.3 Å². The number of hydrogen-bond donors (Lipinski definition) is 1. The SMILES string of the molecule is CCn1nc(C(=O)NCc2ccccc2)c(=O)c2cc(Cl)ccc21. The number of amides is 1. The smallest absolute Gasteiger partial charge is 0.276 e. The molecular formula is C18H16ClN3O2. The second-order valence-electron chi connectivity index (χ2n) is 5.32. The van der Waals surface area contributed by atoms with Crippen LogP contribution in [0.2, 0.25) is 5.02 Å². The fourth-order valence-electron chi connectivity index (χ4n) is 2.51. The van der Waals surface area contributed by atoms with Gasteiger partial charge in [-0.1, -0.05) is 41.9 Å². The molecule has 1 heterocycles. The van der Waals surface area contributed by atoms with Crippen molar-refractivity contribution in [2.24, 2.45) is 0 Å². The minimum Gasteiger partial charge on any atom is -0.346 e. The van der Waals surface area contributed by atoms with Crippen LogP contribution < -0.4 is 10.7 Å². The third-order valence-electron chi connectivity index (χ3n) is 3.73. The van der Waals surface area contributed by atoms with Crippen LogP contribution >= 0.6 is 11.6 Å². The molecule has 6 heteroatoms. The number of fused-ring (bicyclic) bond motifs is 1. The highest BCUT2D eigenvalue weighted by molar-refractivity contribution is 6.31. The molecule has 1 amide bonds. The van der Waals surface area contributed by atoms with Crippen LogP contribution in [0.1, 0.15) is 23.0 Å². The zero-order valence-electron chi connectivity index (χ0n) is 13.1. The highest BCUT2D eigenvalue weighted by Gasteiger charge is 2.17. The fourth-order valence-corrected chi connectivity index (χ4v) is 2.69. The van der Waals surface area contributed by atoms with Crippen LogP contribution in [0.5, 0.6) is 0 Å². The maximum absolute atomic E-state index is 12.6. The summed E-state index contributed by atoms with van der Waals surface area (Å²) in [5, 5.41) is 7.79. The Balaban J connectivity index is 1.98. The molecule has 0 aliphatic heterocycles. The molecule has 0 atom stereocenters. The van der Waals surface area contributed by atoms with Gasteiger partial charge >= 0.3 is 0 Å². The normalized spacial score (nSPS) is 10.8. The van der Waals surface area contributed by atoms with Crippen LogP contribution in [-0.4, -0.2) is 15.7 Å². The molecule has 3 aromatic rings. The van der Waals surface area contributed by atoms with Crippen molar-refractivity contribution in [3.63, 3.8) is 0 Å². The summed E-state index contributed by atoms with van der Waals surface area (Å²) in [7, 11) is 0. The van der Waals surface area contributed by atoms with Gasteiger partial charge in [0.2, 0.25) is 5.43 Å². The topological polar surface area (TPSA) is 64.0 Å². The second kappa shape index (κ2) is 6.84. The Bertz CT molecular complexity index is 952. The number of aromatic nitrogens is 2. The number of halogens is 1. The van der Waals surface area contributed by atoms with E-state index in [1.165, 1.54) is 0 Å². The summed E-state index contributed by atoms with van der Waals surface area (Å²) >= 11 is 5.99. The van der Waals surface area contributed by atoms with Crippen molar-refractivity contribution >= 4 is 28.4 Å². The first-order valence-corrected chi connectivity index (χ1v) is 8.00. The zero-order valence-corrected chi connectivity index (χ0v) is 13.9. The number of rotatable bonds is 4. The predicted octanol–water partition coefficient (Wildman–Crippen LogP) is 3.00. The van der Waals surface area contributed by atoms with Gasteiger partial charge in [0.25, 0.3) is 5.91 Å². The molecule has 24 heavy (non-hydrogen) atoms. The third-order valence-corrected chi connectivity index (χ3v) is 3.96. The maximum atomic E-state index is 12.6. The summed E-state index contributed by atoms with van der Waals surface area (Å²) in [4.78, 5) is 25.0. The third kappa shape index (κ3) is 3.16. The Labute approximate surface area is 143 Å². The van der Waals surface area contributed by atoms with Gasteiger partial charge in [-0.05, 0) is 30.7 Å². The second-order valence-corrected chi connectivity index (χ2v) is 5.76. The molecule has 122 valence electrons. The predicted molar refractivity (Wildman–Crippen MR) is 94.3 cm³/mol. The fraction of sp³-hybridized carbons (Fsp3) is 0.167. The van der Waals surface area contributed by atoms with E-state index < -0.39 is 11.3 Å². The van der Waals surface area contributed by atoms with Crippen LogP contribution in [0, 0.1) is 0 Å². The molecule has 0 fully saturated rings. The first-order valence-electron chi connectivity index (χ1n) is 7.62. The van der Waals surface area contributed by atoms with Gasteiger partial charge in [-0.15, -0.1) is 0 Å². The summed E-state index contributed by atoms with van der Waals surface area (Å²) < 4.78 is 1.63. The van der Waals surface area contributed by atoms with Crippen LogP contribution in [0.4, 0.5) is 0 Å². The first kappa shape index (κ1) is 16.2. The Morgan fingerprint density at radius 1 is 1.21 bits per heavy atom. The van der Waals surface area contributed by atoms with Crippen molar-refractivity contribution in [3.05, 3.63) is 75.0 Å². The van der Waals surface area contributed by atoms with Gasteiger partial charge in [-0.25, -0.2) is 0 Å². The summed E-state index contributed by atoms with van der Waals surface area (Å²) in [6.45, 7) is 2.77. The average Bonchev–Trinajstić information content (AvgIpc) is 2.61. The molecule has 1 aromatic heterocycles. The number of nitrogens with one attached hydrogen (secondary N) is 1. The lowest BCUT2D eigenvalue weighted by Crippen LogP contribution is -2.31. The van der Waals surface area contributed by atoms with Crippen LogP contribution in [0.15, 0.2) is 53.3 Å². The summed E-state index contributed by atoms with van der Waals surface area (Å²) in [6, 6.07) is 14.5. The number of aryl methyl sites for hydroxylation is 1. The van der Waals surface area contributed by atoms with Gasteiger partial charge in [0.15, 0.2) is 5.69 Å². The van der Waals surface area contributed by atoms with Gasteiger partial charge < -0.3 is 5.32 Å². The van der Waals surface area contributed by atoms with Crippen molar-refractivity contribution in [1.82, 2.24) is 15.1 Å². The summed E-state index contributed by atoms with van der Waals surface area (Å²) in [6.07, 6.45) is 0. The Morgan fingerprint density at radius 3 is 2.67 bits per heavy atom. The lowest BCUT2D eigenvalue weighted by Gasteiger charge is -2.10. The largest absolute Gasteiger partial charge is 0.346 e. The van der Waals surface area contributed by atoms with Gasteiger partial charge in [-0.3, -0.25) is 14.3 Å². The number of nitrogens with zero attached hydrogens (tertiary/aromatic N) is 2. The van der Waals surface area contributed by atoms with E-state index in [2.05, 4.69) is 10.4 Å². The van der Waals surface area contributed by atoms with E-state index in [1.54, 1.807) is 22.9 Å². The number of carbonyl (C=O) groups excluding carboxylic acids is 1. The number of carbonyl (C=O) groups is 1.